The first-order valence-corrected chi connectivity index (χ1v) is 15.2. The van der Waals surface area contributed by atoms with Gasteiger partial charge in [0.05, 0.1) is 18.6 Å². The maximum Gasteiger partial charge on any atom is 0.268 e. The zero-order valence-corrected chi connectivity index (χ0v) is 23.2. The first-order valence-electron chi connectivity index (χ1n) is 13.4. The Bertz CT molecular complexity index is 1500. The summed E-state index contributed by atoms with van der Waals surface area (Å²) in [6.07, 6.45) is 3.67. The molecule has 0 aliphatic carbocycles. The summed E-state index contributed by atoms with van der Waals surface area (Å²) in [5.74, 6) is -3.55. The number of carbonyl (C=O) groups excluding carboxylic acids is 2. The fourth-order valence-electron chi connectivity index (χ4n) is 5.89. The summed E-state index contributed by atoms with van der Waals surface area (Å²) in [6, 6.07) is 8.50. The Hall–Kier alpha value is -3.58. The highest BCUT2D eigenvalue weighted by Crippen LogP contribution is 2.38. The minimum Gasteiger partial charge on any atom is -0.354 e. The van der Waals surface area contributed by atoms with Crippen molar-refractivity contribution < 1.29 is 31.2 Å². The van der Waals surface area contributed by atoms with Crippen LogP contribution in [0.5, 0.6) is 0 Å². The Kier molecular flexibility index (Phi) is 8.28. The highest BCUT2D eigenvalue weighted by molar-refractivity contribution is 7.88. The molecule has 0 radical (unpaired) electrons. The molecule has 3 aliphatic heterocycles. The van der Waals surface area contributed by atoms with Crippen LogP contribution in [0.3, 0.4) is 0 Å². The number of rotatable bonds is 5. The molecule has 3 heterocycles. The van der Waals surface area contributed by atoms with Crippen molar-refractivity contribution in [2.45, 2.75) is 31.2 Å². The Morgan fingerprint density at radius 2 is 1.68 bits per heavy atom. The van der Waals surface area contributed by atoms with E-state index in [-0.39, 0.29) is 44.1 Å². The molecule has 0 spiro atoms. The van der Waals surface area contributed by atoms with Gasteiger partial charge in [0, 0.05) is 50.7 Å². The molecule has 13 heteroatoms. The van der Waals surface area contributed by atoms with Crippen LogP contribution in [0.25, 0.3) is 0 Å². The molecular weight excluding hydrogens is 559 g/mol. The van der Waals surface area contributed by atoms with Gasteiger partial charge < -0.3 is 9.80 Å². The number of likely N-dealkylation sites (tertiary alicyclic amines) is 1. The molecule has 2 aromatic rings. The van der Waals surface area contributed by atoms with Crippen molar-refractivity contribution in [2.24, 2.45) is 16.1 Å². The maximum atomic E-state index is 15.0. The van der Waals surface area contributed by atoms with Gasteiger partial charge in [-0.1, -0.05) is 18.2 Å². The van der Waals surface area contributed by atoms with Crippen molar-refractivity contribution in [3.05, 3.63) is 82.9 Å². The van der Waals surface area contributed by atoms with Crippen LogP contribution in [0, 0.1) is 23.4 Å². The quantitative estimate of drug-likeness (QED) is 0.525. The number of halogens is 3. The van der Waals surface area contributed by atoms with Crippen LogP contribution in [0.2, 0.25) is 0 Å². The minimum atomic E-state index is -3.68. The SMILES string of the molecule is CS(=O)(=O)N1CCN(C(=O)[C@@H]2CN(C3=CCC(=O)N=N3)C[C@H]2c2ccc(F)cc2F)CCCC1c1ccc(F)cc1. The molecule has 2 aromatic carbocycles. The van der Waals surface area contributed by atoms with Gasteiger partial charge in [-0.15, -0.1) is 10.2 Å². The lowest BCUT2D eigenvalue weighted by atomic mass is 9.87. The van der Waals surface area contributed by atoms with Gasteiger partial charge in [0.2, 0.25) is 15.9 Å². The largest absolute Gasteiger partial charge is 0.354 e. The summed E-state index contributed by atoms with van der Waals surface area (Å²) < 4.78 is 69.1. The summed E-state index contributed by atoms with van der Waals surface area (Å²) in [4.78, 5) is 28.9. The van der Waals surface area contributed by atoms with Crippen molar-refractivity contribution in [3.63, 3.8) is 0 Å². The number of carbonyl (C=O) groups is 2. The van der Waals surface area contributed by atoms with Gasteiger partial charge in [0.15, 0.2) is 0 Å². The van der Waals surface area contributed by atoms with E-state index in [1.54, 1.807) is 28.0 Å². The Morgan fingerprint density at radius 3 is 2.34 bits per heavy atom. The van der Waals surface area contributed by atoms with E-state index in [2.05, 4.69) is 10.2 Å². The Balaban J connectivity index is 1.40. The zero-order chi connectivity index (χ0) is 29.3. The van der Waals surface area contributed by atoms with Crippen molar-refractivity contribution in [2.75, 3.05) is 39.0 Å². The molecule has 3 atom stereocenters. The number of hydrogen-bond donors (Lipinski definition) is 0. The fraction of sp³-hybridized carbons (Fsp3) is 0.429. The first-order chi connectivity index (χ1) is 19.5. The number of hydrogen-bond acceptors (Lipinski definition) is 6. The van der Waals surface area contributed by atoms with E-state index in [0.717, 1.165) is 18.4 Å². The third kappa shape index (κ3) is 6.35. The third-order valence-corrected chi connectivity index (χ3v) is 9.17. The number of amides is 2. The molecule has 0 aromatic heterocycles. The summed E-state index contributed by atoms with van der Waals surface area (Å²) in [5.41, 5.74) is 0.862. The molecule has 0 saturated carbocycles. The molecule has 1 unspecified atom stereocenters. The van der Waals surface area contributed by atoms with E-state index < -0.39 is 51.3 Å². The van der Waals surface area contributed by atoms with E-state index in [4.69, 9.17) is 0 Å². The predicted octanol–water partition coefficient (Wildman–Crippen LogP) is 3.97. The summed E-state index contributed by atoms with van der Waals surface area (Å²) in [6.45, 7) is 0.855. The third-order valence-electron chi connectivity index (χ3n) is 7.88. The molecule has 5 rings (SSSR count). The number of nitrogens with zero attached hydrogens (tertiary/aromatic N) is 5. The van der Waals surface area contributed by atoms with Crippen molar-refractivity contribution in [3.8, 4) is 0 Å². The second kappa shape index (κ2) is 11.7. The van der Waals surface area contributed by atoms with Crippen molar-refractivity contribution in [1.82, 2.24) is 14.1 Å². The van der Waals surface area contributed by atoms with Crippen LogP contribution in [0.4, 0.5) is 13.2 Å². The molecule has 2 saturated heterocycles. The van der Waals surface area contributed by atoms with Gasteiger partial charge in [-0.25, -0.2) is 21.6 Å². The van der Waals surface area contributed by atoms with Crippen molar-refractivity contribution >= 4 is 21.8 Å². The molecule has 0 bridgehead atoms. The lowest BCUT2D eigenvalue weighted by Crippen LogP contribution is -2.47. The summed E-state index contributed by atoms with van der Waals surface area (Å²) >= 11 is 0. The number of benzene rings is 2. The summed E-state index contributed by atoms with van der Waals surface area (Å²) in [7, 11) is -3.68. The topological polar surface area (TPSA) is 103 Å². The van der Waals surface area contributed by atoms with Crippen molar-refractivity contribution in [1.29, 1.82) is 0 Å². The minimum absolute atomic E-state index is 0.0279. The highest BCUT2D eigenvalue weighted by Gasteiger charge is 2.43. The Morgan fingerprint density at radius 1 is 0.951 bits per heavy atom. The molecule has 218 valence electrons. The first kappa shape index (κ1) is 28.9. The second-order valence-corrected chi connectivity index (χ2v) is 12.5. The van der Waals surface area contributed by atoms with Crippen LogP contribution in [0.1, 0.15) is 42.3 Å². The maximum absolute atomic E-state index is 15.0. The van der Waals surface area contributed by atoms with Gasteiger partial charge >= 0.3 is 0 Å². The molecule has 3 aliphatic rings. The predicted molar refractivity (Wildman–Crippen MR) is 143 cm³/mol. The average Bonchev–Trinajstić information content (AvgIpc) is 3.34. The van der Waals surface area contributed by atoms with Gasteiger partial charge in [0.25, 0.3) is 5.91 Å². The van der Waals surface area contributed by atoms with Gasteiger partial charge in [-0.3, -0.25) is 9.59 Å². The van der Waals surface area contributed by atoms with Crippen LogP contribution in [0.15, 0.2) is 64.6 Å². The normalized spacial score (nSPS) is 24.2. The summed E-state index contributed by atoms with van der Waals surface area (Å²) in [5, 5.41) is 7.56. The van der Waals surface area contributed by atoms with Gasteiger partial charge in [-0.05, 0) is 48.2 Å². The van der Waals surface area contributed by atoms with Crippen LogP contribution in [-0.2, 0) is 19.6 Å². The second-order valence-electron chi connectivity index (χ2n) is 10.6. The fourth-order valence-corrected chi connectivity index (χ4v) is 7.00. The smallest absolute Gasteiger partial charge is 0.268 e. The number of sulfonamides is 1. The number of azo groups is 1. The highest BCUT2D eigenvalue weighted by atomic mass is 32.2. The van der Waals surface area contributed by atoms with Crippen LogP contribution in [-0.4, -0.2) is 73.3 Å². The van der Waals surface area contributed by atoms with Gasteiger partial charge in [-0.2, -0.15) is 4.31 Å². The van der Waals surface area contributed by atoms with E-state index in [1.165, 1.54) is 22.5 Å². The molecule has 2 amide bonds. The van der Waals surface area contributed by atoms with E-state index in [9.17, 15) is 31.2 Å². The molecule has 2 fully saturated rings. The van der Waals surface area contributed by atoms with E-state index >= 15 is 0 Å². The van der Waals surface area contributed by atoms with Crippen LogP contribution >= 0.6 is 0 Å². The average molecular weight is 590 g/mol. The van der Waals surface area contributed by atoms with Gasteiger partial charge in [0.1, 0.15) is 23.3 Å². The molecule has 0 N–H and O–H groups in total. The Labute approximate surface area is 236 Å². The molecule has 41 heavy (non-hydrogen) atoms. The zero-order valence-electron chi connectivity index (χ0n) is 22.4. The lowest BCUT2D eigenvalue weighted by molar-refractivity contribution is -0.136. The lowest BCUT2D eigenvalue weighted by Gasteiger charge is -2.37. The van der Waals surface area contributed by atoms with E-state index in [0.29, 0.717) is 30.8 Å². The molecule has 9 nitrogen and oxygen atoms in total. The monoisotopic (exact) mass is 589 g/mol. The van der Waals surface area contributed by atoms with E-state index in [1.807, 2.05) is 0 Å². The van der Waals surface area contributed by atoms with Crippen LogP contribution < -0.4 is 0 Å². The standard InChI is InChI=1S/C28H30F3N5O4S/c1-41(39,40)36-14-13-34(12-2-3-25(36)18-4-6-19(29)7-5-18)28(38)23-17-35(26-10-11-27(37)33-32-26)16-22(23)21-9-8-20(30)15-24(21)31/h4-10,15,22-23,25H,2-3,11-14,16-17H2,1H3/t22-,23+,25?/m0/s1. The molecular formula is C28H30F3N5O4S.